The van der Waals surface area contributed by atoms with Crippen LogP contribution in [0.5, 0.6) is 5.75 Å². The number of unbranched alkanes of at least 4 members (excludes halogenated alkanes) is 1. The van der Waals surface area contributed by atoms with Crippen LogP contribution in [0.3, 0.4) is 0 Å². The molecule has 4 rings (SSSR count). The van der Waals surface area contributed by atoms with Gasteiger partial charge in [-0.05, 0) is 67.6 Å². The van der Waals surface area contributed by atoms with Gasteiger partial charge >= 0.3 is 0 Å². The summed E-state index contributed by atoms with van der Waals surface area (Å²) < 4.78 is 5.43. The molecule has 6 nitrogen and oxygen atoms in total. The third-order valence-electron chi connectivity index (χ3n) is 6.26. The van der Waals surface area contributed by atoms with Crippen LogP contribution in [0.1, 0.15) is 38.2 Å². The lowest BCUT2D eigenvalue weighted by Crippen LogP contribution is -2.38. The molecule has 172 valence electrons. The van der Waals surface area contributed by atoms with Gasteiger partial charge in [-0.1, -0.05) is 37.6 Å². The summed E-state index contributed by atoms with van der Waals surface area (Å²) in [6.45, 7) is 3.77. The summed E-state index contributed by atoms with van der Waals surface area (Å²) in [7, 11) is 1.66. The molecule has 1 amide bonds. The highest BCUT2D eigenvalue weighted by Crippen LogP contribution is 2.29. The number of aryl methyl sites for hydroxylation is 1. The number of carbonyl (C=O) groups excluding carboxylic acids is 1. The Labute approximate surface area is 196 Å². The number of anilines is 2. The summed E-state index contributed by atoms with van der Waals surface area (Å²) in [5.74, 6) is 1.74. The fraction of sp³-hybridized carbons (Fsp3) is 0.370. The summed E-state index contributed by atoms with van der Waals surface area (Å²) in [4.78, 5) is 15.0. The van der Waals surface area contributed by atoms with E-state index in [2.05, 4.69) is 39.5 Å². The molecule has 2 heterocycles. The van der Waals surface area contributed by atoms with Crippen molar-refractivity contribution in [2.45, 2.75) is 39.0 Å². The average Bonchev–Trinajstić information content (AvgIpc) is 2.88. The van der Waals surface area contributed by atoms with Crippen LogP contribution in [0.4, 0.5) is 11.5 Å². The molecule has 0 unspecified atom stereocenters. The van der Waals surface area contributed by atoms with Gasteiger partial charge in [0.2, 0.25) is 5.91 Å². The highest BCUT2D eigenvalue weighted by Gasteiger charge is 2.26. The van der Waals surface area contributed by atoms with E-state index in [1.54, 1.807) is 7.11 Å². The van der Waals surface area contributed by atoms with Crippen LogP contribution >= 0.6 is 0 Å². The maximum Gasteiger partial charge on any atom is 0.227 e. The Morgan fingerprint density at radius 1 is 1.03 bits per heavy atom. The third-order valence-corrected chi connectivity index (χ3v) is 6.26. The molecule has 1 saturated heterocycles. The van der Waals surface area contributed by atoms with Gasteiger partial charge in [-0.3, -0.25) is 4.79 Å². The van der Waals surface area contributed by atoms with Crippen molar-refractivity contribution in [3.05, 3.63) is 66.2 Å². The van der Waals surface area contributed by atoms with Gasteiger partial charge < -0.3 is 15.0 Å². The van der Waals surface area contributed by atoms with Crippen LogP contribution in [0.2, 0.25) is 0 Å². The number of nitrogens with one attached hydrogen (secondary N) is 1. The van der Waals surface area contributed by atoms with Gasteiger partial charge in [0, 0.05) is 30.3 Å². The minimum absolute atomic E-state index is 0.0156. The van der Waals surface area contributed by atoms with E-state index in [0.29, 0.717) is 0 Å². The minimum atomic E-state index is 0.0156. The molecule has 2 aromatic carbocycles. The van der Waals surface area contributed by atoms with Crippen LogP contribution in [0.25, 0.3) is 11.3 Å². The number of aromatic nitrogens is 2. The van der Waals surface area contributed by atoms with Crippen LogP contribution < -0.4 is 15.0 Å². The summed E-state index contributed by atoms with van der Waals surface area (Å²) in [5.41, 5.74) is 3.90. The van der Waals surface area contributed by atoms with Crippen molar-refractivity contribution in [3.63, 3.8) is 0 Å². The number of rotatable bonds is 8. The minimum Gasteiger partial charge on any atom is -0.496 e. The number of methoxy groups -OCH3 is 1. The Morgan fingerprint density at radius 2 is 1.79 bits per heavy atom. The lowest BCUT2D eigenvalue weighted by Gasteiger charge is -2.31. The van der Waals surface area contributed by atoms with Gasteiger partial charge in [-0.25, -0.2) is 0 Å². The van der Waals surface area contributed by atoms with E-state index in [0.717, 1.165) is 60.9 Å². The lowest BCUT2D eigenvalue weighted by atomic mass is 9.95. The van der Waals surface area contributed by atoms with Crippen molar-refractivity contribution in [1.82, 2.24) is 10.2 Å². The molecular formula is C27H32N4O2. The van der Waals surface area contributed by atoms with Gasteiger partial charge in [0.25, 0.3) is 0 Å². The number of hydrogen-bond acceptors (Lipinski definition) is 5. The molecule has 0 radical (unpaired) electrons. The Kier molecular flexibility index (Phi) is 7.55. The first-order valence-corrected chi connectivity index (χ1v) is 11.8. The second-order valence-electron chi connectivity index (χ2n) is 8.53. The lowest BCUT2D eigenvalue weighted by molar-refractivity contribution is -0.120. The first-order chi connectivity index (χ1) is 16.2. The Bertz CT molecular complexity index is 1040. The quantitative estimate of drug-likeness (QED) is 0.507. The molecule has 1 aliphatic heterocycles. The second kappa shape index (κ2) is 10.9. The van der Waals surface area contributed by atoms with E-state index in [4.69, 9.17) is 4.74 Å². The summed E-state index contributed by atoms with van der Waals surface area (Å²) in [6, 6.07) is 20.0. The van der Waals surface area contributed by atoms with Gasteiger partial charge in [0.05, 0.1) is 12.8 Å². The van der Waals surface area contributed by atoms with Gasteiger partial charge in [0.1, 0.15) is 5.75 Å². The van der Waals surface area contributed by atoms with E-state index in [-0.39, 0.29) is 11.8 Å². The molecule has 1 aliphatic rings. The molecule has 33 heavy (non-hydrogen) atoms. The van der Waals surface area contributed by atoms with Crippen molar-refractivity contribution >= 4 is 17.4 Å². The molecule has 0 spiro atoms. The summed E-state index contributed by atoms with van der Waals surface area (Å²) >= 11 is 0. The summed E-state index contributed by atoms with van der Waals surface area (Å²) in [5, 5.41) is 11.9. The smallest absolute Gasteiger partial charge is 0.227 e. The van der Waals surface area contributed by atoms with Gasteiger partial charge in [-0.15, -0.1) is 10.2 Å². The van der Waals surface area contributed by atoms with E-state index in [1.165, 1.54) is 18.4 Å². The first-order valence-electron chi connectivity index (χ1n) is 11.8. The van der Waals surface area contributed by atoms with Crippen molar-refractivity contribution in [1.29, 1.82) is 0 Å². The highest BCUT2D eigenvalue weighted by molar-refractivity contribution is 5.92. The predicted molar refractivity (Wildman–Crippen MR) is 133 cm³/mol. The number of hydrogen-bond donors (Lipinski definition) is 1. The number of para-hydroxylation sites is 1. The van der Waals surface area contributed by atoms with Crippen molar-refractivity contribution in [2.24, 2.45) is 5.92 Å². The maximum atomic E-state index is 12.8. The van der Waals surface area contributed by atoms with E-state index < -0.39 is 0 Å². The van der Waals surface area contributed by atoms with Crippen LogP contribution in [-0.2, 0) is 11.2 Å². The predicted octanol–water partition coefficient (Wildman–Crippen LogP) is 5.35. The third kappa shape index (κ3) is 5.69. The zero-order valence-electron chi connectivity index (χ0n) is 19.5. The van der Waals surface area contributed by atoms with Crippen molar-refractivity contribution in [3.8, 4) is 17.0 Å². The molecular weight excluding hydrogens is 412 g/mol. The number of piperidine rings is 1. The van der Waals surface area contributed by atoms with Crippen molar-refractivity contribution < 1.29 is 9.53 Å². The zero-order chi connectivity index (χ0) is 23.0. The second-order valence-corrected chi connectivity index (χ2v) is 8.53. The Balaban J connectivity index is 1.30. The normalized spacial score (nSPS) is 14.2. The van der Waals surface area contributed by atoms with Crippen molar-refractivity contribution in [2.75, 3.05) is 30.4 Å². The Hall–Kier alpha value is -3.41. The molecule has 0 atom stereocenters. The summed E-state index contributed by atoms with van der Waals surface area (Å²) in [6.07, 6.45) is 5.07. The fourth-order valence-corrected chi connectivity index (χ4v) is 4.24. The van der Waals surface area contributed by atoms with Crippen LogP contribution in [0.15, 0.2) is 60.7 Å². The van der Waals surface area contributed by atoms with E-state index in [1.807, 2.05) is 48.5 Å². The maximum absolute atomic E-state index is 12.8. The number of ether oxygens (including phenoxy) is 1. The standard InChI is InChI=1S/C27H32N4O2/c1-3-4-7-20-10-12-22(13-11-20)28-27(32)21-16-18-31(19-17-21)26-15-14-24(29-30-26)23-8-5-6-9-25(23)33-2/h5-6,8-15,21H,3-4,7,16-19H2,1-2H3,(H,28,32). The number of amides is 1. The zero-order valence-corrected chi connectivity index (χ0v) is 19.5. The van der Waals surface area contributed by atoms with E-state index in [9.17, 15) is 4.79 Å². The SMILES string of the molecule is CCCCc1ccc(NC(=O)C2CCN(c3ccc(-c4ccccc4OC)nn3)CC2)cc1. The topological polar surface area (TPSA) is 67.4 Å². The number of benzene rings is 2. The number of carbonyl (C=O) groups is 1. The molecule has 0 saturated carbocycles. The molecule has 1 N–H and O–H groups in total. The van der Waals surface area contributed by atoms with Crippen LogP contribution in [-0.4, -0.2) is 36.3 Å². The largest absolute Gasteiger partial charge is 0.496 e. The van der Waals surface area contributed by atoms with Crippen LogP contribution in [0, 0.1) is 5.92 Å². The Morgan fingerprint density at radius 3 is 2.45 bits per heavy atom. The average molecular weight is 445 g/mol. The fourth-order valence-electron chi connectivity index (χ4n) is 4.24. The van der Waals surface area contributed by atoms with Gasteiger partial charge in [0.15, 0.2) is 5.82 Å². The highest BCUT2D eigenvalue weighted by atomic mass is 16.5. The van der Waals surface area contributed by atoms with E-state index >= 15 is 0 Å². The molecule has 6 heteroatoms. The first kappa shape index (κ1) is 22.8. The monoisotopic (exact) mass is 444 g/mol. The molecule has 3 aromatic rings. The molecule has 1 fully saturated rings. The molecule has 1 aromatic heterocycles. The van der Waals surface area contributed by atoms with Gasteiger partial charge in [-0.2, -0.15) is 0 Å². The molecule has 0 bridgehead atoms. The molecule has 0 aliphatic carbocycles. The number of nitrogens with zero attached hydrogens (tertiary/aromatic N) is 3.